The Balaban J connectivity index is 2.40. The lowest BCUT2D eigenvalue weighted by molar-refractivity contribution is 0.0702. The number of aromatic nitrogens is 1. The number of thiophene rings is 1. The van der Waals surface area contributed by atoms with Crippen molar-refractivity contribution in [2.75, 3.05) is 4.72 Å². The number of anilines is 1. The number of aryl methyl sites for hydroxylation is 1. The number of hydrogen-bond donors (Lipinski definition) is 2. The first-order chi connectivity index (χ1) is 9.70. The van der Waals surface area contributed by atoms with Crippen molar-refractivity contribution in [2.24, 2.45) is 7.05 Å². The van der Waals surface area contributed by atoms with Crippen LogP contribution in [0.3, 0.4) is 0 Å². The van der Waals surface area contributed by atoms with Crippen molar-refractivity contribution in [3.63, 3.8) is 0 Å². The van der Waals surface area contributed by atoms with Crippen molar-refractivity contribution < 1.29 is 18.3 Å². The van der Waals surface area contributed by atoms with E-state index in [0.717, 1.165) is 17.4 Å². The summed E-state index contributed by atoms with van der Waals surface area (Å²) >= 11 is 3.85. The van der Waals surface area contributed by atoms with Crippen LogP contribution in [0.2, 0.25) is 0 Å². The minimum atomic E-state index is -3.95. The Morgan fingerprint density at radius 3 is 2.62 bits per heavy atom. The zero-order valence-electron chi connectivity index (χ0n) is 10.5. The van der Waals surface area contributed by atoms with Gasteiger partial charge in [0, 0.05) is 19.3 Å². The molecule has 10 heteroatoms. The summed E-state index contributed by atoms with van der Waals surface area (Å²) in [6.07, 6.45) is 1.33. The van der Waals surface area contributed by atoms with E-state index in [4.69, 9.17) is 5.11 Å². The molecule has 0 aromatic carbocycles. The number of nitrogens with one attached hydrogen (secondary N) is 1. The fourth-order valence-electron chi connectivity index (χ4n) is 1.51. The summed E-state index contributed by atoms with van der Waals surface area (Å²) in [5, 5.41) is 8.88. The highest BCUT2D eigenvalue weighted by Gasteiger charge is 2.23. The van der Waals surface area contributed by atoms with Crippen LogP contribution in [0.1, 0.15) is 9.67 Å². The topological polar surface area (TPSA) is 105 Å². The number of carboxylic acids is 1. The lowest BCUT2D eigenvalue weighted by atomic mass is 10.4. The van der Waals surface area contributed by atoms with E-state index in [0.29, 0.717) is 0 Å². The molecule has 0 unspecified atom stereocenters. The monoisotopic (exact) mass is 392 g/mol. The molecule has 21 heavy (non-hydrogen) atoms. The summed E-state index contributed by atoms with van der Waals surface area (Å²) < 4.78 is 28.2. The van der Waals surface area contributed by atoms with Gasteiger partial charge in [-0.3, -0.25) is 9.52 Å². The summed E-state index contributed by atoms with van der Waals surface area (Å²) in [6.45, 7) is 0. The van der Waals surface area contributed by atoms with Crippen molar-refractivity contribution >= 4 is 48.9 Å². The molecular weight excluding hydrogens is 384 g/mol. The second-order valence-corrected chi connectivity index (χ2v) is 8.05. The molecule has 2 heterocycles. The van der Waals surface area contributed by atoms with Crippen LogP contribution in [-0.4, -0.2) is 24.1 Å². The third-order valence-corrected chi connectivity index (χ3v) is 6.12. The number of nitrogens with zero attached hydrogens (tertiary/aromatic N) is 1. The molecule has 0 spiro atoms. The Morgan fingerprint density at radius 2 is 2.10 bits per heavy atom. The zero-order valence-corrected chi connectivity index (χ0v) is 13.8. The van der Waals surface area contributed by atoms with E-state index in [1.54, 1.807) is 0 Å². The van der Waals surface area contributed by atoms with E-state index < -0.39 is 16.0 Å². The van der Waals surface area contributed by atoms with Crippen LogP contribution in [0.5, 0.6) is 0 Å². The molecule has 0 radical (unpaired) electrons. The van der Waals surface area contributed by atoms with Crippen LogP contribution >= 0.6 is 27.3 Å². The summed E-state index contributed by atoms with van der Waals surface area (Å²) in [5.74, 6) is -1.20. The van der Waals surface area contributed by atoms with Gasteiger partial charge in [-0.25, -0.2) is 13.2 Å². The molecule has 0 fully saturated rings. The highest BCUT2D eigenvalue weighted by molar-refractivity contribution is 9.11. The molecule has 112 valence electrons. The molecule has 7 nitrogen and oxygen atoms in total. The molecule has 0 aliphatic heterocycles. The molecular formula is C11H9BrN2O5S2. The second-order valence-electron chi connectivity index (χ2n) is 4.03. The van der Waals surface area contributed by atoms with Gasteiger partial charge < -0.3 is 9.67 Å². The highest BCUT2D eigenvalue weighted by Crippen LogP contribution is 2.32. The van der Waals surface area contributed by atoms with Gasteiger partial charge in [-0.1, -0.05) is 0 Å². The Bertz CT molecular complexity index is 869. The highest BCUT2D eigenvalue weighted by atomic mass is 79.9. The van der Waals surface area contributed by atoms with Gasteiger partial charge in [0.15, 0.2) is 0 Å². The average molecular weight is 393 g/mol. The fraction of sp³-hybridized carbons (Fsp3) is 0.0909. The molecule has 0 amide bonds. The summed E-state index contributed by atoms with van der Waals surface area (Å²) in [7, 11) is -2.46. The Labute approximate surface area is 132 Å². The Morgan fingerprint density at radius 1 is 1.43 bits per heavy atom. The lowest BCUT2D eigenvalue weighted by Crippen LogP contribution is -2.18. The third kappa shape index (κ3) is 3.34. The number of carbonyl (C=O) groups is 1. The van der Waals surface area contributed by atoms with Gasteiger partial charge in [-0.15, -0.1) is 11.3 Å². The first kappa shape index (κ1) is 15.7. The zero-order chi connectivity index (χ0) is 15.8. The molecule has 2 aromatic heterocycles. The SMILES string of the molecule is Cn1cc(NS(=O)(=O)c2cc(C(=O)O)sc2Br)ccc1=O. The Kier molecular flexibility index (Phi) is 4.21. The maximum atomic E-state index is 12.2. The largest absolute Gasteiger partial charge is 0.477 e. The fourth-order valence-corrected chi connectivity index (χ4v) is 4.95. The van der Waals surface area contributed by atoms with Gasteiger partial charge in [0.2, 0.25) is 5.56 Å². The van der Waals surface area contributed by atoms with Crippen molar-refractivity contribution in [2.45, 2.75) is 4.90 Å². The van der Waals surface area contributed by atoms with Crippen LogP contribution in [0.15, 0.2) is 37.9 Å². The molecule has 2 rings (SSSR count). The van der Waals surface area contributed by atoms with Crippen LogP contribution in [0, 0.1) is 0 Å². The van der Waals surface area contributed by atoms with Crippen LogP contribution in [-0.2, 0) is 17.1 Å². The quantitative estimate of drug-likeness (QED) is 0.823. The molecule has 0 bridgehead atoms. The number of halogens is 1. The van der Waals surface area contributed by atoms with Gasteiger partial charge in [-0.05, 0) is 28.1 Å². The van der Waals surface area contributed by atoms with E-state index in [9.17, 15) is 18.0 Å². The predicted octanol–water partition coefficient (Wildman–Crippen LogP) is 1.71. The van der Waals surface area contributed by atoms with E-state index in [1.165, 1.54) is 29.9 Å². The predicted molar refractivity (Wildman–Crippen MR) is 81.5 cm³/mol. The van der Waals surface area contributed by atoms with Crippen molar-refractivity contribution in [1.82, 2.24) is 4.57 Å². The Hall–Kier alpha value is -1.65. The second kappa shape index (κ2) is 5.62. The van der Waals surface area contributed by atoms with E-state index in [2.05, 4.69) is 20.7 Å². The summed E-state index contributed by atoms with van der Waals surface area (Å²) in [5.41, 5.74) is -0.0742. The standard InChI is InChI=1S/C11H9BrN2O5S2/c1-14-5-6(2-3-9(14)15)13-21(18,19)8-4-7(11(16)17)20-10(8)12/h2-5,13H,1H3,(H,16,17). The first-order valence-electron chi connectivity index (χ1n) is 5.43. The smallest absolute Gasteiger partial charge is 0.345 e. The number of pyridine rings is 1. The maximum absolute atomic E-state index is 12.2. The van der Waals surface area contributed by atoms with Crippen LogP contribution in [0.25, 0.3) is 0 Å². The van der Waals surface area contributed by atoms with Crippen molar-refractivity contribution in [1.29, 1.82) is 0 Å². The van der Waals surface area contributed by atoms with E-state index in [-0.39, 0.29) is 24.8 Å². The van der Waals surface area contributed by atoms with Gasteiger partial charge in [0.25, 0.3) is 10.0 Å². The number of sulfonamides is 1. The lowest BCUT2D eigenvalue weighted by Gasteiger charge is -2.08. The first-order valence-corrected chi connectivity index (χ1v) is 8.52. The molecule has 2 aromatic rings. The van der Waals surface area contributed by atoms with Gasteiger partial charge in [-0.2, -0.15) is 0 Å². The van der Waals surface area contributed by atoms with Crippen LogP contribution in [0.4, 0.5) is 5.69 Å². The third-order valence-electron chi connectivity index (χ3n) is 2.49. The van der Waals surface area contributed by atoms with E-state index in [1.807, 2.05) is 0 Å². The maximum Gasteiger partial charge on any atom is 0.345 e. The molecule has 0 aliphatic rings. The molecule has 0 atom stereocenters. The molecule has 0 aliphatic carbocycles. The molecule has 0 saturated carbocycles. The minimum Gasteiger partial charge on any atom is -0.477 e. The van der Waals surface area contributed by atoms with E-state index >= 15 is 0 Å². The molecule has 0 saturated heterocycles. The molecule has 2 N–H and O–H groups in total. The van der Waals surface area contributed by atoms with Crippen LogP contribution < -0.4 is 10.3 Å². The summed E-state index contributed by atoms with van der Waals surface area (Å²) in [4.78, 5) is 21.9. The number of aromatic carboxylic acids is 1. The number of hydrogen-bond acceptors (Lipinski definition) is 5. The average Bonchev–Trinajstić information content (AvgIpc) is 2.77. The van der Waals surface area contributed by atoms with Gasteiger partial charge in [0.1, 0.15) is 9.77 Å². The van der Waals surface area contributed by atoms with Gasteiger partial charge in [0.05, 0.1) is 9.47 Å². The summed E-state index contributed by atoms with van der Waals surface area (Å²) in [6, 6.07) is 3.63. The number of rotatable bonds is 4. The normalized spacial score (nSPS) is 11.3. The number of carboxylic acid groups (broad SMARTS) is 1. The van der Waals surface area contributed by atoms with Gasteiger partial charge >= 0.3 is 5.97 Å². The van der Waals surface area contributed by atoms with Crippen molar-refractivity contribution in [3.8, 4) is 0 Å². The van der Waals surface area contributed by atoms with Crippen molar-refractivity contribution in [3.05, 3.63) is 43.4 Å². The minimum absolute atomic E-state index is 0.0947.